The first kappa shape index (κ1) is 11.5. The maximum absolute atomic E-state index is 3.89. The Morgan fingerprint density at radius 3 is 2.50 bits per heavy atom. The molecule has 18 heavy (non-hydrogen) atoms. The quantitative estimate of drug-likeness (QED) is 0.663. The Morgan fingerprint density at radius 2 is 1.89 bits per heavy atom. The standard InChI is InChI=1S/C18H20/c1-3-15-7-5-13(9-16(15)4-2)11-18-12-14-6-8-17(18)10-14/h3-9,14,17-18H,1-2,10-12H2. The van der Waals surface area contributed by atoms with Crippen molar-refractivity contribution in [2.45, 2.75) is 19.3 Å². The minimum Gasteiger partial charge on any atom is -0.0984 e. The number of fused-ring (bicyclic) bond motifs is 2. The third kappa shape index (κ3) is 1.96. The Labute approximate surface area is 110 Å². The summed E-state index contributed by atoms with van der Waals surface area (Å²) in [6, 6.07) is 6.70. The van der Waals surface area contributed by atoms with Gasteiger partial charge in [0.25, 0.3) is 0 Å². The van der Waals surface area contributed by atoms with Crippen LogP contribution in [0.5, 0.6) is 0 Å². The van der Waals surface area contributed by atoms with Crippen LogP contribution in [0.1, 0.15) is 29.5 Å². The summed E-state index contributed by atoms with van der Waals surface area (Å²) in [6.07, 6.45) is 12.7. The van der Waals surface area contributed by atoms with E-state index in [0.717, 1.165) is 17.8 Å². The molecule has 0 aliphatic heterocycles. The minimum atomic E-state index is 0.835. The molecule has 1 fully saturated rings. The summed E-state index contributed by atoms with van der Waals surface area (Å²) in [5.41, 5.74) is 3.84. The summed E-state index contributed by atoms with van der Waals surface area (Å²) < 4.78 is 0. The van der Waals surface area contributed by atoms with Gasteiger partial charge in [-0.25, -0.2) is 0 Å². The molecule has 0 radical (unpaired) electrons. The predicted molar refractivity (Wildman–Crippen MR) is 79.2 cm³/mol. The summed E-state index contributed by atoms with van der Waals surface area (Å²) >= 11 is 0. The van der Waals surface area contributed by atoms with Crippen molar-refractivity contribution in [2.75, 3.05) is 0 Å². The first-order chi connectivity index (χ1) is 8.80. The SMILES string of the molecule is C=Cc1ccc(CC2CC3C=CC2C3)cc1C=C. The molecule has 2 aliphatic rings. The summed E-state index contributed by atoms with van der Waals surface area (Å²) in [5, 5.41) is 0. The Kier molecular flexibility index (Phi) is 2.95. The lowest BCUT2D eigenvalue weighted by Crippen LogP contribution is -2.10. The van der Waals surface area contributed by atoms with Crippen LogP contribution in [-0.4, -0.2) is 0 Å². The molecule has 0 N–H and O–H groups in total. The first-order valence-electron chi connectivity index (χ1n) is 6.86. The van der Waals surface area contributed by atoms with E-state index in [-0.39, 0.29) is 0 Å². The third-order valence-corrected chi connectivity index (χ3v) is 4.51. The van der Waals surface area contributed by atoms with Crippen molar-refractivity contribution in [1.29, 1.82) is 0 Å². The fourth-order valence-electron chi connectivity index (χ4n) is 3.55. The molecule has 0 aromatic heterocycles. The van der Waals surface area contributed by atoms with Crippen LogP contribution in [0.4, 0.5) is 0 Å². The van der Waals surface area contributed by atoms with Gasteiger partial charge in [-0.1, -0.05) is 55.7 Å². The van der Waals surface area contributed by atoms with Crippen molar-refractivity contribution in [2.24, 2.45) is 17.8 Å². The number of allylic oxidation sites excluding steroid dienone is 2. The molecular weight excluding hydrogens is 216 g/mol. The highest BCUT2D eigenvalue weighted by Crippen LogP contribution is 2.44. The van der Waals surface area contributed by atoms with Gasteiger partial charge in [0.1, 0.15) is 0 Å². The molecule has 3 unspecified atom stereocenters. The molecule has 0 heterocycles. The molecule has 1 aromatic carbocycles. The summed E-state index contributed by atoms with van der Waals surface area (Å²) in [5.74, 6) is 2.56. The lowest BCUT2D eigenvalue weighted by molar-refractivity contribution is 0.446. The molecule has 3 atom stereocenters. The number of hydrogen-bond acceptors (Lipinski definition) is 0. The Balaban J connectivity index is 1.79. The number of benzene rings is 1. The van der Waals surface area contributed by atoms with E-state index < -0.39 is 0 Å². The molecule has 1 aromatic rings. The van der Waals surface area contributed by atoms with E-state index in [1.807, 2.05) is 12.2 Å². The van der Waals surface area contributed by atoms with Crippen LogP contribution in [0.2, 0.25) is 0 Å². The fourth-order valence-corrected chi connectivity index (χ4v) is 3.55. The zero-order valence-electron chi connectivity index (χ0n) is 10.8. The van der Waals surface area contributed by atoms with E-state index in [9.17, 15) is 0 Å². The zero-order chi connectivity index (χ0) is 12.5. The van der Waals surface area contributed by atoms with Crippen LogP contribution >= 0.6 is 0 Å². The maximum atomic E-state index is 3.89. The molecule has 0 saturated heterocycles. The van der Waals surface area contributed by atoms with Gasteiger partial charge in [-0.05, 0) is 53.7 Å². The second kappa shape index (κ2) is 4.61. The molecular formula is C18H20. The predicted octanol–water partition coefficient (Wildman–Crippen LogP) is 4.73. The van der Waals surface area contributed by atoms with Gasteiger partial charge in [0.15, 0.2) is 0 Å². The molecule has 0 nitrogen and oxygen atoms in total. The number of hydrogen-bond donors (Lipinski definition) is 0. The van der Waals surface area contributed by atoms with Crippen molar-refractivity contribution in [3.05, 3.63) is 60.2 Å². The summed E-state index contributed by atoms with van der Waals surface area (Å²) in [4.78, 5) is 0. The van der Waals surface area contributed by atoms with E-state index in [1.54, 1.807) is 0 Å². The zero-order valence-corrected chi connectivity index (χ0v) is 10.8. The van der Waals surface area contributed by atoms with E-state index in [4.69, 9.17) is 0 Å². The van der Waals surface area contributed by atoms with Crippen molar-refractivity contribution >= 4 is 12.2 Å². The fraction of sp³-hybridized carbons (Fsp3) is 0.333. The summed E-state index contributed by atoms with van der Waals surface area (Å²) in [7, 11) is 0. The minimum absolute atomic E-state index is 0.835. The maximum Gasteiger partial charge on any atom is -0.0187 e. The summed E-state index contributed by atoms with van der Waals surface area (Å²) in [6.45, 7) is 7.74. The van der Waals surface area contributed by atoms with Crippen LogP contribution in [0.15, 0.2) is 43.5 Å². The second-order valence-electron chi connectivity index (χ2n) is 5.62. The third-order valence-electron chi connectivity index (χ3n) is 4.51. The average Bonchev–Trinajstić information content (AvgIpc) is 3.01. The molecule has 3 rings (SSSR count). The second-order valence-corrected chi connectivity index (χ2v) is 5.62. The lowest BCUT2D eigenvalue weighted by Gasteiger charge is -2.18. The monoisotopic (exact) mass is 236 g/mol. The van der Waals surface area contributed by atoms with Crippen LogP contribution in [0.3, 0.4) is 0 Å². The molecule has 92 valence electrons. The Hall–Kier alpha value is -1.56. The van der Waals surface area contributed by atoms with E-state index in [2.05, 4.69) is 43.5 Å². The lowest BCUT2D eigenvalue weighted by atomic mass is 9.87. The average molecular weight is 236 g/mol. The van der Waals surface area contributed by atoms with Gasteiger partial charge in [-0.2, -0.15) is 0 Å². The normalized spacial score (nSPS) is 28.6. The molecule has 0 heteroatoms. The van der Waals surface area contributed by atoms with E-state index in [1.165, 1.54) is 36.0 Å². The molecule has 0 amide bonds. The largest absolute Gasteiger partial charge is 0.0984 e. The van der Waals surface area contributed by atoms with Crippen LogP contribution < -0.4 is 0 Å². The molecule has 2 bridgehead atoms. The smallest absolute Gasteiger partial charge is 0.0187 e. The topological polar surface area (TPSA) is 0 Å². The van der Waals surface area contributed by atoms with Crippen LogP contribution in [0, 0.1) is 17.8 Å². The molecule has 0 spiro atoms. The Morgan fingerprint density at radius 1 is 1.06 bits per heavy atom. The van der Waals surface area contributed by atoms with Crippen molar-refractivity contribution in [3.8, 4) is 0 Å². The van der Waals surface area contributed by atoms with Gasteiger partial charge in [0, 0.05) is 0 Å². The van der Waals surface area contributed by atoms with Crippen molar-refractivity contribution in [1.82, 2.24) is 0 Å². The van der Waals surface area contributed by atoms with Gasteiger partial charge in [-0.3, -0.25) is 0 Å². The Bertz CT molecular complexity index is 507. The van der Waals surface area contributed by atoms with Gasteiger partial charge in [-0.15, -0.1) is 0 Å². The van der Waals surface area contributed by atoms with Gasteiger partial charge >= 0.3 is 0 Å². The highest BCUT2D eigenvalue weighted by atomic mass is 14.4. The van der Waals surface area contributed by atoms with Gasteiger partial charge in [0.2, 0.25) is 0 Å². The van der Waals surface area contributed by atoms with E-state index in [0.29, 0.717) is 0 Å². The molecule has 1 saturated carbocycles. The van der Waals surface area contributed by atoms with Gasteiger partial charge in [0.05, 0.1) is 0 Å². The van der Waals surface area contributed by atoms with Crippen LogP contribution in [-0.2, 0) is 6.42 Å². The highest BCUT2D eigenvalue weighted by Gasteiger charge is 2.35. The van der Waals surface area contributed by atoms with Crippen molar-refractivity contribution < 1.29 is 0 Å². The first-order valence-corrected chi connectivity index (χ1v) is 6.86. The highest BCUT2D eigenvalue weighted by molar-refractivity contribution is 5.64. The molecule has 2 aliphatic carbocycles. The van der Waals surface area contributed by atoms with Crippen molar-refractivity contribution in [3.63, 3.8) is 0 Å². The number of rotatable bonds is 4. The van der Waals surface area contributed by atoms with Gasteiger partial charge < -0.3 is 0 Å². The van der Waals surface area contributed by atoms with E-state index >= 15 is 0 Å². The van der Waals surface area contributed by atoms with Crippen LogP contribution in [0.25, 0.3) is 12.2 Å².